The number of esters is 1. The fraction of sp³-hybridized carbons (Fsp3) is 0.296. The van der Waals surface area contributed by atoms with Crippen molar-refractivity contribution < 1.29 is 19.4 Å². The summed E-state index contributed by atoms with van der Waals surface area (Å²) in [6, 6.07) is 10.4. The van der Waals surface area contributed by atoms with Crippen molar-refractivity contribution >= 4 is 35.0 Å². The van der Waals surface area contributed by atoms with E-state index < -0.39 is 12.0 Å². The molecule has 0 fully saturated rings. The first kappa shape index (κ1) is 25.7. The van der Waals surface area contributed by atoms with E-state index in [1.54, 1.807) is 32.1 Å². The van der Waals surface area contributed by atoms with Gasteiger partial charge in [-0.1, -0.05) is 61.1 Å². The number of methoxy groups -OCH3 is 1. The van der Waals surface area contributed by atoms with Gasteiger partial charge in [-0.05, 0) is 54.7 Å². The first-order chi connectivity index (χ1) is 17.2. The smallest absolute Gasteiger partial charge is 0.338 e. The molecule has 36 heavy (non-hydrogen) atoms. The zero-order chi connectivity index (χ0) is 26.1. The van der Waals surface area contributed by atoms with Crippen LogP contribution in [-0.4, -0.2) is 29.4 Å². The highest BCUT2D eigenvalue weighted by Crippen LogP contribution is 2.35. The van der Waals surface area contributed by atoms with Crippen molar-refractivity contribution in [2.75, 3.05) is 13.7 Å². The number of carbonyl (C=O) groups excluding carboxylic acids is 1. The number of hydrogen-bond donors (Lipinski definition) is 1. The highest BCUT2D eigenvalue weighted by molar-refractivity contribution is 7.07. The van der Waals surface area contributed by atoms with Crippen LogP contribution < -0.4 is 19.6 Å². The summed E-state index contributed by atoms with van der Waals surface area (Å²) in [5, 5.41) is 10.3. The van der Waals surface area contributed by atoms with Crippen LogP contribution in [0.1, 0.15) is 56.3 Å². The van der Waals surface area contributed by atoms with Gasteiger partial charge in [0, 0.05) is 0 Å². The number of ether oxygens (including phenoxy) is 2. The van der Waals surface area contributed by atoms with Gasteiger partial charge in [0.15, 0.2) is 16.3 Å². The van der Waals surface area contributed by atoms with Gasteiger partial charge in [-0.3, -0.25) is 9.36 Å². The van der Waals surface area contributed by atoms with Crippen LogP contribution in [0.4, 0.5) is 0 Å². The lowest BCUT2D eigenvalue weighted by Gasteiger charge is -2.24. The number of phenols is 1. The van der Waals surface area contributed by atoms with Crippen LogP contribution in [0.15, 0.2) is 57.5 Å². The first-order valence-corrected chi connectivity index (χ1v) is 12.7. The normalized spacial score (nSPS) is 15.6. The molecule has 1 aromatic heterocycles. The third-order valence-electron chi connectivity index (χ3n) is 5.99. The first-order valence-electron chi connectivity index (χ1n) is 11.5. The summed E-state index contributed by atoms with van der Waals surface area (Å²) in [4.78, 5) is 31.6. The van der Waals surface area contributed by atoms with Crippen molar-refractivity contribution in [2.45, 2.75) is 39.7 Å². The number of fused-ring (bicyclic) bond motifs is 1. The lowest BCUT2D eigenvalue weighted by molar-refractivity contribution is -0.136. The highest BCUT2D eigenvalue weighted by Gasteiger charge is 2.33. The fourth-order valence-electron chi connectivity index (χ4n) is 4.17. The van der Waals surface area contributed by atoms with E-state index in [2.05, 4.69) is 18.8 Å². The van der Waals surface area contributed by atoms with Crippen LogP contribution in [0, 0.1) is 0 Å². The topological polar surface area (TPSA) is 90.1 Å². The average molecular weight is 527 g/mol. The molecular formula is C27H27ClN2O5S. The van der Waals surface area contributed by atoms with Crippen LogP contribution in [-0.2, 0) is 9.53 Å². The number of phenolic OH excluding ortho intramolecular Hbond substituents is 1. The van der Waals surface area contributed by atoms with Crippen molar-refractivity contribution in [1.29, 1.82) is 0 Å². The molecule has 0 saturated carbocycles. The summed E-state index contributed by atoms with van der Waals surface area (Å²) in [5.74, 6) is -0.108. The van der Waals surface area contributed by atoms with E-state index in [1.165, 1.54) is 23.0 Å². The number of hydrogen-bond acceptors (Lipinski definition) is 7. The molecule has 9 heteroatoms. The maximum Gasteiger partial charge on any atom is 0.338 e. The summed E-state index contributed by atoms with van der Waals surface area (Å²) < 4.78 is 12.5. The Morgan fingerprint density at radius 2 is 1.97 bits per heavy atom. The molecule has 2 aromatic carbocycles. The number of halogens is 1. The Kier molecular flexibility index (Phi) is 7.38. The minimum absolute atomic E-state index is 0.118. The van der Waals surface area contributed by atoms with E-state index in [9.17, 15) is 14.7 Å². The van der Waals surface area contributed by atoms with E-state index in [0.717, 1.165) is 11.1 Å². The van der Waals surface area contributed by atoms with Crippen molar-refractivity contribution in [2.24, 2.45) is 4.99 Å². The summed E-state index contributed by atoms with van der Waals surface area (Å²) in [5.41, 5.74) is 3.05. The number of benzene rings is 2. The Hall–Kier alpha value is -3.36. The SMILES string of the molecule is CCOc1cc(/C=c2/sc3n(c2=O)[C@@H](c2ccc(C(C)C)cc2)C(C(=O)OC)=C(C)N=3)cc(Cl)c1O. The molecule has 0 saturated heterocycles. The summed E-state index contributed by atoms with van der Waals surface area (Å²) in [6.45, 7) is 8.10. The summed E-state index contributed by atoms with van der Waals surface area (Å²) in [7, 11) is 1.32. The quantitative estimate of drug-likeness (QED) is 0.484. The summed E-state index contributed by atoms with van der Waals surface area (Å²) in [6.07, 6.45) is 1.67. The Morgan fingerprint density at radius 1 is 1.28 bits per heavy atom. The predicted molar refractivity (Wildman–Crippen MR) is 141 cm³/mol. The molecule has 0 amide bonds. The molecule has 1 aliphatic rings. The van der Waals surface area contributed by atoms with Gasteiger partial charge in [0.25, 0.3) is 5.56 Å². The van der Waals surface area contributed by atoms with Crippen LogP contribution in [0.3, 0.4) is 0 Å². The van der Waals surface area contributed by atoms with E-state index in [4.69, 9.17) is 21.1 Å². The van der Waals surface area contributed by atoms with Crippen LogP contribution >= 0.6 is 22.9 Å². The largest absolute Gasteiger partial charge is 0.503 e. The molecule has 1 aliphatic heterocycles. The molecule has 0 unspecified atom stereocenters. The monoisotopic (exact) mass is 526 g/mol. The number of carbonyl (C=O) groups is 1. The fourth-order valence-corrected chi connectivity index (χ4v) is 5.43. The predicted octanol–water partition coefficient (Wildman–Crippen LogP) is 4.29. The zero-order valence-electron chi connectivity index (χ0n) is 20.7. The molecule has 1 atom stereocenters. The molecule has 0 radical (unpaired) electrons. The van der Waals surface area contributed by atoms with E-state index >= 15 is 0 Å². The van der Waals surface area contributed by atoms with Gasteiger partial charge in [0.05, 0.1) is 40.6 Å². The molecular weight excluding hydrogens is 500 g/mol. The van der Waals surface area contributed by atoms with Crippen molar-refractivity contribution in [3.8, 4) is 11.5 Å². The Labute approximate surface area is 217 Å². The molecule has 1 N–H and O–H groups in total. The van der Waals surface area contributed by atoms with E-state index in [1.807, 2.05) is 24.3 Å². The Bertz CT molecular complexity index is 1530. The third-order valence-corrected chi connectivity index (χ3v) is 7.27. The minimum Gasteiger partial charge on any atom is -0.503 e. The van der Waals surface area contributed by atoms with Gasteiger partial charge in [0.2, 0.25) is 0 Å². The number of allylic oxidation sites excluding steroid dienone is 1. The van der Waals surface area contributed by atoms with Crippen molar-refractivity contribution in [3.63, 3.8) is 0 Å². The van der Waals surface area contributed by atoms with Gasteiger partial charge in [-0.2, -0.15) is 0 Å². The lowest BCUT2D eigenvalue weighted by Crippen LogP contribution is -2.39. The number of nitrogens with zero attached hydrogens (tertiary/aromatic N) is 2. The second-order valence-corrected chi connectivity index (χ2v) is 10.1. The molecule has 188 valence electrons. The van der Waals surface area contributed by atoms with Crippen molar-refractivity contribution in [1.82, 2.24) is 4.57 Å². The average Bonchev–Trinajstić information content (AvgIpc) is 3.15. The van der Waals surface area contributed by atoms with Gasteiger partial charge in [0.1, 0.15) is 0 Å². The Morgan fingerprint density at radius 3 is 2.58 bits per heavy atom. The van der Waals surface area contributed by atoms with Crippen molar-refractivity contribution in [3.05, 3.63) is 89.1 Å². The number of thiazole rings is 1. The molecule has 4 rings (SSSR count). The molecule has 3 aromatic rings. The van der Waals surface area contributed by atoms with Crippen LogP contribution in [0.25, 0.3) is 6.08 Å². The second kappa shape index (κ2) is 10.3. The highest BCUT2D eigenvalue weighted by atomic mass is 35.5. The van der Waals surface area contributed by atoms with Gasteiger partial charge >= 0.3 is 5.97 Å². The standard InChI is InChI=1S/C27H27ClN2O5S/c1-6-35-20-12-16(11-19(28)24(20)31)13-21-25(32)30-23(18-9-7-17(8-10-18)14(2)3)22(26(33)34-5)15(4)29-27(30)36-21/h7-14,23,31H,6H2,1-5H3/b21-13+/t23-/m0/s1. The van der Waals surface area contributed by atoms with Gasteiger partial charge in [-0.25, -0.2) is 9.79 Å². The number of aromatic hydroxyl groups is 1. The van der Waals surface area contributed by atoms with Gasteiger partial charge in [-0.15, -0.1) is 0 Å². The molecule has 0 aliphatic carbocycles. The maximum atomic E-state index is 13.7. The molecule has 7 nitrogen and oxygen atoms in total. The van der Waals surface area contributed by atoms with E-state index in [0.29, 0.717) is 38.7 Å². The van der Waals surface area contributed by atoms with Gasteiger partial charge < -0.3 is 14.6 Å². The van der Waals surface area contributed by atoms with Crippen LogP contribution in [0.2, 0.25) is 5.02 Å². The lowest BCUT2D eigenvalue weighted by atomic mass is 9.93. The molecule has 2 heterocycles. The number of aromatic nitrogens is 1. The Balaban J connectivity index is 1.93. The zero-order valence-corrected chi connectivity index (χ0v) is 22.2. The molecule has 0 bridgehead atoms. The summed E-state index contributed by atoms with van der Waals surface area (Å²) >= 11 is 7.40. The second-order valence-electron chi connectivity index (χ2n) is 8.68. The maximum absolute atomic E-state index is 13.7. The van der Waals surface area contributed by atoms with E-state index in [-0.39, 0.29) is 22.1 Å². The third kappa shape index (κ3) is 4.70. The molecule has 0 spiro atoms. The number of rotatable bonds is 6. The van der Waals surface area contributed by atoms with Crippen LogP contribution in [0.5, 0.6) is 11.5 Å². The minimum atomic E-state index is -0.681.